The van der Waals surface area contributed by atoms with Gasteiger partial charge in [-0.25, -0.2) is 0 Å². The lowest BCUT2D eigenvalue weighted by Gasteiger charge is -2.17. The zero-order chi connectivity index (χ0) is 11.5. The summed E-state index contributed by atoms with van der Waals surface area (Å²) in [5, 5.41) is 12.4. The Morgan fingerprint density at radius 3 is 2.94 bits per heavy atom. The van der Waals surface area contributed by atoms with Crippen LogP contribution in [0.25, 0.3) is 0 Å². The van der Waals surface area contributed by atoms with Crippen molar-refractivity contribution < 1.29 is 9.90 Å². The highest BCUT2D eigenvalue weighted by Crippen LogP contribution is 2.30. The number of aliphatic hydroxyl groups is 1. The molecule has 0 fully saturated rings. The number of carbonyl (C=O) groups excluding carboxylic acids is 1. The van der Waals surface area contributed by atoms with E-state index in [9.17, 15) is 9.90 Å². The van der Waals surface area contributed by atoms with Crippen molar-refractivity contribution in [3.8, 4) is 0 Å². The molecule has 2 nitrogen and oxygen atoms in total. The number of benzene rings is 1. The molecular formula is C12H11ClO2S. The number of Topliss-reactive ketones (excluding diaryl/α,β-unsaturated/α-hetero) is 1. The molecule has 16 heavy (non-hydrogen) atoms. The zero-order valence-corrected chi connectivity index (χ0v) is 10.1. The molecule has 1 unspecified atom stereocenters. The lowest BCUT2D eigenvalue weighted by Crippen LogP contribution is -2.14. The Labute approximate surface area is 103 Å². The second-order valence-electron chi connectivity index (χ2n) is 3.57. The first-order valence-corrected chi connectivity index (χ1v) is 6.39. The van der Waals surface area contributed by atoms with Crippen molar-refractivity contribution in [3.05, 3.63) is 45.8 Å². The van der Waals surface area contributed by atoms with Gasteiger partial charge in [-0.1, -0.05) is 23.7 Å². The molecule has 84 valence electrons. The molecule has 0 spiro atoms. The van der Waals surface area contributed by atoms with Crippen LogP contribution in [0, 0.1) is 0 Å². The van der Waals surface area contributed by atoms with Crippen molar-refractivity contribution in [1.82, 2.24) is 0 Å². The minimum absolute atomic E-state index is 0.0197. The molecule has 1 aromatic carbocycles. The third kappa shape index (κ3) is 2.48. The van der Waals surface area contributed by atoms with E-state index in [2.05, 4.69) is 0 Å². The summed E-state index contributed by atoms with van der Waals surface area (Å²) in [4.78, 5) is 11.6. The van der Waals surface area contributed by atoms with E-state index < -0.39 is 6.10 Å². The van der Waals surface area contributed by atoms with Crippen LogP contribution in [0.2, 0.25) is 5.02 Å². The first-order valence-electron chi connectivity index (χ1n) is 4.97. The highest BCUT2D eigenvalue weighted by molar-refractivity contribution is 8.02. The van der Waals surface area contributed by atoms with Gasteiger partial charge in [-0.05, 0) is 23.1 Å². The van der Waals surface area contributed by atoms with E-state index >= 15 is 0 Å². The summed E-state index contributed by atoms with van der Waals surface area (Å²) in [6, 6.07) is 6.95. The quantitative estimate of drug-likeness (QED) is 0.882. The summed E-state index contributed by atoms with van der Waals surface area (Å²) >= 11 is 7.40. The van der Waals surface area contributed by atoms with Gasteiger partial charge < -0.3 is 5.11 Å². The number of rotatable bonds is 2. The van der Waals surface area contributed by atoms with E-state index in [1.807, 2.05) is 0 Å². The van der Waals surface area contributed by atoms with Crippen molar-refractivity contribution >= 4 is 29.1 Å². The fourth-order valence-electron chi connectivity index (χ4n) is 1.58. The minimum Gasteiger partial charge on any atom is -0.384 e. The molecule has 1 aromatic rings. The smallest absolute Gasteiger partial charge is 0.163 e. The van der Waals surface area contributed by atoms with Gasteiger partial charge in [0, 0.05) is 22.8 Å². The number of ketones is 1. The molecule has 4 heteroatoms. The molecule has 0 amide bonds. The van der Waals surface area contributed by atoms with Crippen LogP contribution in [-0.2, 0) is 4.79 Å². The van der Waals surface area contributed by atoms with Gasteiger partial charge in [-0.3, -0.25) is 4.79 Å². The topological polar surface area (TPSA) is 37.3 Å². The maximum Gasteiger partial charge on any atom is 0.163 e. The van der Waals surface area contributed by atoms with Crippen LogP contribution in [0.3, 0.4) is 0 Å². The Morgan fingerprint density at radius 1 is 1.44 bits per heavy atom. The Bertz CT molecular complexity index is 442. The molecule has 2 rings (SSSR count). The fourth-order valence-corrected chi connectivity index (χ4v) is 2.64. The molecule has 1 aliphatic heterocycles. The first-order chi connectivity index (χ1) is 7.68. The van der Waals surface area contributed by atoms with Gasteiger partial charge in [-0.2, -0.15) is 0 Å². The third-order valence-corrected chi connectivity index (χ3v) is 3.53. The van der Waals surface area contributed by atoms with Crippen molar-refractivity contribution in [2.24, 2.45) is 0 Å². The molecule has 0 bridgehead atoms. The number of carbonyl (C=O) groups is 1. The number of aliphatic hydroxyl groups excluding tert-OH is 1. The standard InChI is InChI=1S/C12H11ClO2S/c13-9-3-1-2-8(6-9)12(15)10-7-16-5-4-11(10)14/h1-3,6-7,12,15H,4-5H2. The molecule has 0 saturated carbocycles. The first kappa shape index (κ1) is 11.7. The highest BCUT2D eigenvalue weighted by Gasteiger charge is 2.22. The summed E-state index contributed by atoms with van der Waals surface area (Å²) in [6.07, 6.45) is -0.368. The summed E-state index contributed by atoms with van der Waals surface area (Å²) in [5.74, 6) is 0.816. The average Bonchev–Trinajstić information content (AvgIpc) is 2.29. The van der Waals surface area contributed by atoms with Crippen LogP contribution in [-0.4, -0.2) is 16.6 Å². The van der Waals surface area contributed by atoms with Gasteiger partial charge in [0.25, 0.3) is 0 Å². The third-order valence-electron chi connectivity index (χ3n) is 2.44. The van der Waals surface area contributed by atoms with E-state index in [1.54, 1.807) is 41.4 Å². The van der Waals surface area contributed by atoms with E-state index in [0.29, 0.717) is 22.6 Å². The molecule has 0 aromatic heterocycles. The van der Waals surface area contributed by atoms with Gasteiger partial charge >= 0.3 is 0 Å². The van der Waals surface area contributed by atoms with Crippen molar-refractivity contribution in [1.29, 1.82) is 0 Å². The maximum absolute atomic E-state index is 11.6. The second kappa shape index (κ2) is 5.04. The average molecular weight is 255 g/mol. The van der Waals surface area contributed by atoms with Crippen LogP contribution in [0.4, 0.5) is 0 Å². The van der Waals surface area contributed by atoms with Gasteiger partial charge in [0.15, 0.2) is 5.78 Å². The molecule has 0 radical (unpaired) electrons. The van der Waals surface area contributed by atoms with Gasteiger partial charge in [0.1, 0.15) is 6.10 Å². The number of halogens is 1. The Balaban J connectivity index is 2.28. The molecule has 1 atom stereocenters. The van der Waals surface area contributed by atoms with E-state index in [4.69, 9.17) is 11.6 Å². The highest BCUT2D eigenvalue weighted by atomic mass is 35.5. The Kier molecular flexibility index (Phi) is 3.69. The normalized spacial score (nSPS) is 18.1. The number of thioether (sulfide) groups is 1. The molecule has 1 N–H and O–H groups in total. The van der Waals surface area contributed by atoms with Crippen molar-refractivity contribution in [2.75, 3.05) is 5.75 Å². The van der Waals surface area contributed by atoms with Gasteiger partial charge in [-0.15, -0.1) is 11.8 Å². The van der Waals surface area contributed by atoms with E-state index in [0.717, 1.165) is 5.75 Å². The molecular weight excluding hydrogens is 244 g/mol. The Hall–Kier alpha value is -0.770. The number of hydrogen-bond donors (Lipinski definition) is 1. The molecule has 1 aliphatic rings. The van der Waals surface area contributed by atoms with Crippen LogP contribution in [0.15, 0.2) is 35.2 Å². The zero-order valence-electron chi connectivity index (χ0n) is 8.52. The van der Waals surface area contributed by atoms with Crippen LogP contribution in [0.5, 0.6) is 0 Å². The predicted molar refractivity (Wildman–Crippen MR) is 66.6 cm³/mol. The Morgan fingerprint density at radius 2 is 2.25 bits per heavy atom. The van der Waals surface area contributed by atoms with E-state index in [1.165, 1.54) is 0 Å². The van der Waals surface area contributed by atoms with E-state index in [-0.39, 0.29) is 5.78 Å². The summed E-state index contributed by atoms with van der Waals surface area (Å²) in [7, 11) is 0. The van der Waals surface area contributed by atoms with Crippen molar-refractivity contribution in [2.45, 2.75) is 12.5 Å². The second-order valence-corrected chi connectivity index (χ2v) is 4.99. The lowest BCUT2D eigenvalue weighted by atomic mass is 9.98. The predicted octanol–water partition coefficient (Wildman–Crippen LogP) is 2.96. The SMILES string of the molecule is O=C1CCSC=C1C(O)c1cccc(Cl)c1. The van der Waals surface area contributed by atoms with Crippen LogP contribution >= 0.6 is 23.4 Å². The largest absolute Gasteiger partial charge is 0.384 e. The fraction of sp³-hybridized carbons (Fsp3) is 0.250. The van der Waals surface area contributed by atoms with Gasteiger partial charge in [0.2, 0.25) is 0 Å². The van der Waals surface area contributed by atoms with Crippen molar-refractivity contribution in [3.63, 3.8) is 0 Å². The minimum atomic E-state index is -0.862. The summed E-state index contributed by atoms with van der Waals surface area (Å²) < 4.78 is 0. The molecule has 0 aliphatic carbocycles. The van der Waals surface area contributed by atoms with Crippen LogP contribution < -0.4 is 0 Å². The monoisotopic (exact) mass is 254 g/mol. The summed E-state index contributed by atoms with van der Waals surface area (Å²) in [6.45, 7) is 0. The maximum atomic E-state index is 11.6. The van der Waals surface area contributed by atoms with Crippen LogP contribution in [0.1, 0.15) is 18.1 Å². The number of hydrogen-bond acceptors (Lipinski definition) is 3. The van der Waals surface area contributed by atoms with Gasteiger partial charge in [0.05, 0.1) is 0 Å². The lowest BCUT2D eigenvalue weighted by molar-refractivity contribution is -0.116. The molecule has 0 saturated heterocycles. The summed E-state index contributed by atoms with van der Waals surface area (Å²) in [5.41, 5.74) is 1.13. The molecule has 1 heterocycles.